The van der Waals surface area contributed by atoms with Gasteiger partial charge >= 0.3 is 0 Å². The van der Waals surface area contributed by atoms with Crippen LogP contribution >= 0.6 is 0 Å². The molecule has 1 unspecified atom stereocenters. The molecule has 0 radical (unpaired) electrons. The molecule has 0 heterocycles. The van der Waals surface area contributed by atoms with E-state index in [9.17, 15) is 0 Å². The van der Waals surface area contributed by atoms with Crippen LogP contribution in [0.25, 0.3) is 0 Å². The van der Waals surface area contributed by atoms with E-state index in [0.29, 0.717) is 12.6 Å². The van der Waals surface area contributed by atoms with E-state index in [1.54, 1.807) is 0 Å². The third-order valence-corrected chi connectivity index (χ3v) is 2.79. The fourth-order valence-corrected chi connectivity index (χ4v) is 1.78. The van der Waals surface area contributed by atoms with Crippen LogP contribution in [-0.4, -0.2) is 13.2 Å². The second kappa shape index (κ2) is 7.13. The van der Waals surface area contributed by atoms with Crippen molar-refractivity contribution < 1.29 is 4.74 Å². The lowest BCUT2D eigenvalue weighted by Crippen LogP contribution is -2.17. The minimum atomic E-state index is 0.390. The van der Waals surface area contributed by atoms with Crippen molar-refractivity contribution in [3.8, 4) is 5.75 Å². The van der Waals surface area contributed by atoms with Gasteiger partial charge in [0.1, 0.15) is 5.75 Å². The van der Waals surface area contributed by atoms with Crippen LogP contribution in [0.4, 0.5) is 0 Å². The number of nitrogens with one attached hydrogen (secondary N) is 1. The molecule has 0 amide bonds. The molecule has 0 aromatic heterocycles. The minimum Gasteiger partial charge on any atom is -0.493 e. The zero-order valence-electron chi connectivity index (χ0n) is 11.1. The van der Waals surface area contributed by atoms with Crippen molar-refractivity contribution in [3.05, 3.63) is 42.0 Å². The maximum atomic E-state index is 5.68. The molecule has 0 aliphatic carbocycles. The molecular formula is C15H23NO. The first kappa shape index (κ1) is 13.8. The fraction of sp³-hybridized carbons (Fsp3) is 0.467. The summed E-state index contributed by atoms with van der Waals surface area (Å²) < 4.78 is 5.68. The normalized spacial score (nSPS) is 12.2. The molecule has 17 heavy (non-hydrogen) atoms. The van der Waals surface area contributed by atoms with E-state index in [2.05, 4.69) is 50.9 Å². The van der Waals surface area contributed by atoms with Gasteiger partial charge in [-0.1, -0.05) is 25.1 Å². The standard InChI is InChI=1S/C15H23NO/c1-5-7-10-17-15-9-8-14(11-12(15)3)13(4)16-6-2/h5,8-9,11,13,16H,1,6-7,10H2,2-4H3. The second-order valence-corrected chi connectivity index (χ2v) is 4.23. The first-order chi connectivity index (χ1) is 8.19. The Morgan fingerprint density at radius 1 is 1.47 bits per heavy atom. The molecule has 0 spiro atoms. The number of ether oxygens (including phenoxy) is 1. The average molecular weight is 233 g/mol. The molecule has 0 aliphatic heterocycles. The summed E-state index contributed by atoms with van der Waals surface area (Å²) in [5, 5.41) is 3.41. The summed E-state index contributed by atoms with van der Waals surface area (Å²) in [6.07, 6.45) is 2.76. The lowest BCUT2D eigenvalue weighted by Gasteiger charge is -2.15. The third kappa shape index (κ3) is 4.23. The Morgan fingerprint density at radius 2 is 2.24 bits per heavy atom. The van der Waals surface area contributed by atoms with Crippen molar-refractivity contribution in [2.75, 3.05) is 13.2 Å². The predicted molar refractivity (Wildman–Crippen MR) is 73.6 cm³/mol. The van der Waals surface area contributed by atoms with Gasteiger partial charge in [-0.3, -0.25) is 0 Å². The molecule has 0 saturated carbocycles. The fourth-order valence-electron chi connectivity index (χ4n) is 1.78. The smallest absolute Gasteiger partial charge is 0.122 e. The first-order valence-corrected chi connectivity index (χ1v) is 6.26. The lowest BCUT2D eigenvalue weighted by atomic mass is 10.1. The monoisotopic (exact) mass is 233 g/mol. The summed E-state index contributed by atoms with van der Waals surface area (Å²) in [5.41, 5.74) is 2.50. The van der Waals surface area contributed by atoms with Crippen LogP contribution in [0.5, 0.6) is 5.75 Å². The summed E-state index contributed by atoms with van der Waals surface area (Å²) in [7, 11) is 0. The number of aryl methyl sites for hydroxylation is 1. The SMILES string of the molecule is C=CCCOc1ccc(C(C)NCC)cc1C. The molecule has 0 fully saturated rings. The molecule has 0 aliphatic rings. The lowest BCUT2D eigenvalue weighted by molar-refractivity contribution is 0.322. The van der Waals surface area contributed by atoms with E-state index >= 15 is 0 Å². The van der Waals surface area contributed by atoms with Crippen LogP contribution in [0.2, 0.25) is 0 Å². The molecule has 94 valence electrons. The summed E-state index contributed by atoms with van der Waals surface area (Å²) in [5.74, 6) is 0.972. The average Bonchev–Trinajstić information content (AvgIpc) is 2.31. The van der Waals surface area contributed by atoms with E-state index in [-0.39, 0.29) is 0 Å². The van der Waals surface area contributed by atoms with Crippen molar-refractivity contribution in [2.45, 2.75) is 33.2 Å². The van der Waals surface area contributed by atoms with Crippen molar-refractivity contribution in [3.63, 3.8) is 0 Å². The maximum absolute atomic E-state index is 5.68. The van der Waals surface area contributed by atoms with Crippen molar-refractivity contribution >= 4 is 0 Å². The molecular weight excluding hydrogens is 210 g/mol. The summed E-state index contributed by atoms with van der Waals surface area (Å²) in [6, 6.07) is 6.77. The minimum absolute atomic E-state index is 0.390. The largest absolute Gasteiger partial charge is 0.493 e. The van der Waals surface area contributed by atoms with Gasteiger partial charge in [0.2, 0.25) is 0 Å². The Labute approximate surface area is 105 Å². The first-order valence-electron chi connectivity index (χ1n) is 6.26. The van der Waals surface area contributed by atoms with E-state index in [0.717, 1.165) is 18.7 Å². The Balaban J connectivity index is 2.68. The maximum Gasteiger partial charge on any atom is 0.122 e. The van der Waals surface area contributed by atoms with Gasteiger partial charge in [-0.25, -0.2) is 0 Å². The summed E-state index contributed by atoms with van der Waals surface area (Å²) in [6.45, 7) is 11.8. The third-order valence-electron chi connectivity index (χ3n) is 2.79. The van der Waals surface area contributed by atoms with Crippen LogP contribution in [0, 0.1) is 6.92 Å². The highest BCUT2D eigenvalue weighted by atomic mass is 16.5. The molecule has 1 atom stereocenters. The van der Waals surface area contributed by atoms with Crippen LogP contribution in [0.15, 0.2) is 30.9 Å². The highest BCUT2D eigenvalue weighted by Gasteiger charge is 2.06. The Hall–Kier alpha value is -1.28. The predicted octanol–water partition coefficient (Wildman–Crippen LogP) is 3.62. The van der Waals surface area contributed by atoms with Gasteiger partial charge in [-0.05, 0) is 44.0 Å². The van der Waals surface area contributed by atoms with Crippen molar-refractivity contribution in [1.29, 1.82) is 0 Å². The zero-order chi connectivity index (χ0) is 12.7. The van der Waals surface area contributed by atoms with Crippen LogP contribution in [0.1, 0.15) is 37.4 Å². The Kier molecular flexibility index (Phi) is 5.78. The molecule has 2 nitrogen and oxygen atoms in total. The summed E-state index contributed by atoms with van der Waals surface area (Å²) >= 11 is 0. The molecule has 2 heteroatoms. The van der Waals surface area contributed by atoms with E-state index < -0.39 is 0 Å². The van der Waals surface area contributed by atoms with Crippen LogP contribution in [0.3, 0.4) is 0 Å². The number of benzene rings is 1. The van der Waals surface area contributed by atoms with Crippen molar-refractivity contribution in [1.82, 2.24) is 5.32 Å². The highest BCUT2D eigenvalue weighted by Crippen LogP contribution is 2.22. The van der Waals surface area contributed by atoms with Gasteiger partial charge in [0.25, 0.3) is 0 Å². The molecule has 0 bridgehead atoms. The van der Waals surface area contributed by atoms with Crippen molar-refractivity contribution in [2.24, 2.45) is 0 Å². The van der Waals surface area contributed by atoms with E-state index in [1.807, 2.05) is 6.08 Å². The molecule has 1 aromatic carbocycles. The Morgan fingerprint density at radius 3 is 2.82 bits per heavy atom. The summed E-state index contributed by atoms with van der Waals surface area (Å²) in [4.78, 5) is 0. The van der Waals surface area contributed by atoms with Gasteiger partial charge in [0, 0.05) is 6.04 Å². The number of hydrogen-bond acceptors (Lipinski definition) is 2. The van der Waals surface area contributed by atoms with Gasteiger partial charge in [-0.2, -0.15) is 0 Å². The number of rotatable bonds is 7. The zero-order valence-corrected chi connectivity index (χ0v) is 11.1. The molecule has 0 saturated heterocycles. The van der Waals surface area contributed by atoms with E-state index in [4.69, 9.17) is 4.74 Å². The van der Waals surface area contributed by atoms with E-state index in [1.165, 1.54) is 11.1 Å². The van der Waals surface area contributed by atoms with Crippen LogP contribution < -0.4 is 10.1 Å². The van der Waals surface area contributed by atoms with Gasteiger partial charge < -0.3 is 10.1 Å². The molecule has 1 rings (SSSR count). The topological polar surface area (TPSA) is 21.3 Å². The number of hydrogen-bond donors (Lipinski definition) is 1. The van der Waals surface area contributed by atoms with Gasteiger partial charge in [0.05, 0.1) is 6.61 Å². The highest BCUT2D eigenvalue weighted by molar-refractivity contribution is 5.37. The molecule has 1 aromatic rings. The Bertz CT molecular complexity index is 360. The second-order valence-electron chi connectivity index (χ2n) is 4.23. The van der Waals surface area contributed by atoms with Gasteiger partial charge in [-0.15, -0.1) is 6.58 Å². The van der Waals surface area contributed by atoms with Gasteiger partial charge in [0.15, 0.2) is 0 Å². The quantitative estimate of drug-likeness (QED) is 0.573. The molecule has 1 N–H and O–H groups in total. The van der Waals surface area contributed by atoms with Crippen LogP contribution in [-0.2, 0) is 0 Å².